The molecule has 0 aliphatic rings. The summed E-state index contributed by atoms with van der Waals surface area (Å²) >= 11 is 3.36. The van der Waals surface area contributed by atoms with Crippen molar-refractivity contribution in [2.75, 3.05) is 35.0 Å². The molecule has 0 aliphatic carbocycles. The van der Waals surface area contributed by atoms with Gasteiger partial charge in [-0.25, -0.2) is 10.2 Å². The van der Waals surface area contributed by atoms with Crippen LogP contribution in [0.1, 0.15) is 26.3 Å². The number of hydrogen-bond acceptors (Lipinski definition) is 9. The molecule has 0 bridgehead atoms. The number of nitrogens with one attached hydrogen (secondary N) is 2. The predicted octanol–water partition coefficient (Wildman–Crippen LogP) is 3.58. The van der Waals surface area contributed by atoms with Crippen LogP contribution in [-0.4, -0.2) is 59.0 Å². The number of rotatable bonds is 11. The molecule has 0 heterocycles. The highest BCUT2D eigenvalue weighted by atomic mass is 79.9. The Kier molecular flexibility index (Phi) is 10.3. The summed E-state index contributed by atoms with van der Waals surface area (Å²) in [6.07, 6.45) is 1.32. The minimum absolute atomic E-state index is 0.206. The molecule has 0 atom stereocenters. The second kappa shape index (κ2) is 13.8. The molecule has 0 saturated heterocycles. The third-order valence-electron chi connectivity index (χ3n) is 5.24. The first-order valence-electron chi connectivity index (χ1n) is 11.4. The van der Waals surface area contributed by atoms with E-state index in [1.165, 1.54) is 46.8 Å². The van der Waals surface area contributed by atoms with E-state index in [0.29, 0.717) is 38.6 Å². The molecule has 204 valence electrons. The molecule has 2 amide bonds. The van der Waals surface area contributed by atoms with Gasteiger partial charge in [-0.3, -0.25) is 9.59 Å². The Hall–Kier alpha value is -4.58. The van der Waals surface area contributed by atoms with Gasteiger partial charge in [0.25, 0.3) is 11.8 Å². The highest BCUT2D eigenvalue weighted by Gasteiger charge is 2.15. The van der Waals surface area contributed by atoms with E-state index < -0.39 is 17.8 Å². The Labute approximate surface area is 233 Å². The largest absolute Gasteiger partial charge is 0.493 e. The van der Waals surface area contributed by atoms with Crippen LogP contribution in [0.4, 0.5) is 0 Å². The average Bonchev–Trinajstić information content (AvgIpc) is 2.96. The molecule has 39 heavy (non-hydrogen) atoms. The van der Waals surface area contributed by atoms with Crippen LogP contribution in [0.25, 0.3) is 0 Å². The number of carbonyl (C=O) groups is 3. The minimum Gasteiger partial charge on any atom is -0.493 e. The summed E-state index contributed by atoms with van der Waals surface area (Å²) in [4.78, 5) is 37.4. The molecule has 0 aliphatic heterocycles. The third kappa shape index (κ3) is 7.71. The van der Waals surface area contributed by atoms with E-state index in [1.54, 1.807) is 42.5 Å². The molecule has 2 N–H and O–H groups in total. The lowest BCUT2D eigenvalue weighted by Crippen LogP contribution is -2.34. The molecule has 0 spiro atoms. The van der Waals surface area contributed by atoms with Crippen molar-refractivity contribution in [2.45, 2.75) is 0 Å². The summed E-state index contributed by atoms with van der Waals surface area (Å²) < 4.78 is 27.0. The number of benzene rings is 3. The fraction of sp³-hybridized carbons (Fsp3) is 0.185. The Morgan fingerprint density at radius 1 is 0.769 bits per heavy atom. The summed E-state index contributed by atoms with van der Waals surface area (Å²) in [5.41, 5.74) is 3.27. The van der Waals surface area contributed by atoms with E-state index in [0.717, 1.165) is 0 Å². The van der Waals surface area contributed by atoms with Gasteiger partial charge in [-0.15, -0.1) is 0 Å². The van der Waals surface area contributed by atoms with Gasteiger partial charge in [0.05, 0.1) is 46.8 Å². The van der Waals surface area contributed by atoms with E-state index in [2.05, 4.69) is 31.8 Å². The second-order valence-electron chi connectivity index (χ2n) is 7.69. The summed E-state index contributed by atoms with van der Waals surface area (Å²) in [5, 5.41) is 6.41. The van der Waals surface area contributed by atoms with Gasteiger partial charge >= 0.3 is 5.97 Å². The zero-order chi connectivity index (χ0) is 28.4. The summed E-state index contributed by atoms with van der Waals surface area (Å²) in [6, 6.07) is 14.2. The predicted molar refractivity (Wildman–Crippen MR) is 146 cm³/mol. The molecule has 3 aromatic rings. The van der Waals surface area contributed by atoms with Crippen molar-refractivity contribution in [2.24, 2.45) is 5.10 Å². The number of esters is 1. The van der Waals surface area contributed by atoms with Crippen LogP contribution in [0.2, 0.25) is 0 Å². The maximum Gasteiger partial charge on any atom is 0.343 e. The van der Waals surface area contributed by atoms with E-state index in [1.807, 2.05) is 0 Å². The molecular weight excluding hydrogens is 574 g/mol. The standard InChI is InChI=1S/C27H26BrN3O8/c1-35-21-8-5-16(12-23(21)37-3)26(33)29-15-25(32)31-30-14-18-11-19(28)7-10-20(18)39-27(34)17-6-9-22(36-2)24(13-17)38-4/h5-14H,15H2,1-4H3,(H,29,33)(H,31,32)/b30-14-. The minimum atomic E-state index is -0.630. The van der Waals surface area contributed by atoms with Crippen LogP contribution in [0.5, 0.6) is 28.7 Å². The number of hydrogen-bond donors (Lipinski definition) is 2. The van der Waals surface area contributed by atoms with Crippen LogP contribution in [0, 0.1) is 0 Å². The molecule has 3 aromatic carbocycles. The number of ether oxygens (including phenoxy) is 5. The quantitative estimate of drug-likeness (QED) is 0.148. The number of halogens is 1. The lowest BCUT2D eigenvalue weighted by Gasteiger charge is -2.11. The Morgan fingerprint density at radius 3 is 1.95 bits per heavy atom. The van der Waals surface area contributed by atoms with E-state index >= 15 is 0 Å². The lowest BCUT2D eigenvalue weighted by atomic mass is 10.2. The molecular formula is C27H26BrN3O8. The van der Waals surface area contributed by atoms with E-state index in [4.69, 9.17) is 23.7 Å². The molecule has 3 rings (SSSR count). The smallest absolute Gasteiger partial charge is 0.343 e. The zero-order valence-corrected chi connectivity index (χ0v) is 23.2. The molecule has 0 radical (unpaired) electrons. The van der Waals surface area contributed by atoms with Crippen molar-refractivity contribution >= 4 is 39.9 Å². The molecule has 12 heteroatoms. The molecule has 0 aromatic heterocycles. The first kappa shape index (κ1) is 29.0. The first-order valence-corrected chi connectivity index (χ1v) is 12.1. The van der Waals surface area contributed by atoms with Gasteiger partial charge in [-0.1, -0.05) is 15.9 Å². The topological polar surface area (TPSA) is 134 Å². The van der Waals surface area contributed by atoms with Crippen LogP contribution in [-0.2, 0) is 4.79 Å². The molecule has 11 nitrogen and oxygen atoms in total. The summed E-state index contributed by atoms with van der Waals surface area (Å²) in [5.74, 6) is 0.239. The normalized spacial score (nSPS) is 10.5. The monoisotopic (exact) mass is 599 g/mol. The van der Waals surface area contributed by atoms with Crippen LogP contribution >= 0.6 is 15.9 Å². The van der Waals surface area contributed by atoms with Crippen molar-refractivity contribution in [3.63, 3.8) is 0 Å². The first-order chi connectivity index (χ1) is 18.8. The molecule has 0 fully saturated rings. The Bertz CT molecular complexity index is 1390. The third-order valence-corrected chi connectivity index (χ3v) is 5.74. The number of carbonyl (C=O) groups excluding carboxylic acids is 3. The van der Waals surface area contributed by atoms with E-state index in [9.17, 15) is 14.4 Å². The van der Waals surface area contributed by atoms with Gasteiger partial charge < -0.3 is 29.0 Å². The van der Waals surface area contributed by atoms with Crippen LogP contribution in [0.15, 0.2) is 64.2 Å². The van der Waals surface area contributed by atoms with Crippen molar-refractivity contribution in [3.05, 3.63) is 75.8 Å². The lowest BCUT2D eigenvalue weighted by molar-refractivity contribution is -0.120. The van der Waals surface area contributed by atoms with Gasteiger partial charge in [0.15, 0.2) is 23.0 Å². The molecule has 0 saturated carbocycles. The fourth-order valence-electron chi connectivity index (χ4n) is 3.29. The van der Waals surface area contributed by atoms with Crippen molar-refractivity contribution in [1.82, 2.24) is 10.7 Å². The number of hydrazone groups is 1. The zero-order valence-electron chi connectivity index (χ0n) is 21.6. The van der Waals surface area contributed by atoms with Gasteiger partial charge in [-0.2, -0.15) is 5.10 Å². The summed E-state index contributed by atoms with van der Waals surface area (Å²) in [7, 11) is 5.90. The maximum absolute atomic E-state index is 12.7. The van der Waals surface area contributed by atoms with Crippen LogP contribution in [0.3, 0.4) is 0 Å². The number of nitrogens with zero attached hydrogens (tertiary/aromatic N) is 1. The van der Waals surface area contributed by atoms with Crippen LogP contribution < -0.4 is 34.4 Å². The number of methoxy groups -OCH3 is 4. The van der Waals surface area contributed by atoms with Gasteiger partial charge in [0.1, 0.15) is 5.75 Å². The second-order valence-corrected chi connectivity index (χ2v) is 8.60. The summed E-state index contributed by atoms with van der Waals surface area (Å²) in [6.45, 7) is -0.329. The highest BCUT2D eigenvalue weighted by molar-refractivity contribution is 9.10. The van der Waals surface area contributed by atoms with Gasteiger partial charge in [-0.05, 0) is 54.6 Å². The Morgan fingerprint density at radius 2 is 1.33 bits per heavy atom. The van der Waals surface area contributed by atoms with Crippen molar-refractivity contribution in [3.8, 4) is 28.7 Å². The van der Waals surface area contributed by atoms with E-state index in [-0.39, 0.29) is 17.9 Å². The van der Waals surface area contributed by atoms with Crippen molar-refractivity contribution < 1.29 is 38.1 Å². The van der Waals surface area contributed by atoms with Crippen molar-refractivity contribution in [1.29, 1.82) is 0 Å². The maximum atomic E-state index is 12.7. The molecule has 0 unspecified atom stereocenters. The highest BCUT2D eigenvalue weighted by Crippen LogP contribution is 2.29. The fourth-order valence-corrected chi connectivity index (χ4v) is 3.67. The SMILES string of the molecule is COc1ccc(C(=O)NCC(=O)N/N=C\c2cc(Br)ccc2OC(=O)c2ccc(OC)c(OC)c2)cc1OC. The van der Waals surface area contributed by atoms with Gasteiger partial charge in [0.2, 0.25) is 0 Å². The number of amides is 2. The average molecular weight is 600 g/mol. The van der Waals surface area contributed by atoms with Gasteiger partial charge in [0, 0.05) is 15.6 Å². The Balaban J connectivity index is 1.62.